The molecule has 16 heavy (non-hydrogen) atoms. The highest BCUT2D eigenvalue weighted by Crippen LogP contribution is 2.15. The van der Waals surface area contributed by atoms with Gasteiger partial charge in [-0.05, 0) is 13.1 Å². The summed E-state index contributed by atoms with van der Waals surface area (Å²) >= 11 is 0. The van der Waals surface area contributed by atoms with Gasteiger partial charge in [-0.1, -0.05) is 30.3 Å². The molecular formula is C13H15N3. The minimum atomic E-state index is 0.858. The molecule has 2 aromatic rings. The first-order chi connectivity index (χ1) is 7.90. The van der Waals surface area contributed by atoms with Crippen LogP contribution in [0.2, 0.25) is 0 Å². The van der Waals surface area contributed by atoms with Crippen molar-refractivity contribution < 1.29 is 0 Å². The number of nitrogens with one attached hydrogen (secondary N) is 1. The zero-order valence-electron chi connectivity index (χ0n) is 9.35. The number of hydrogen-bond acceptors (Lipinski definition) is 3. The van der Waals surface area contributed by atoms with Crippen LogP contribution in [0.1, 0.15) is 5.82 Å². The first-order valence-electron chi connectivity index (χ1n) is 5.42. The molecule has 0 radical (unpaired) electrons. The SMILES string of the molecule is CNCCc1nccc(-c2ccccc2)n1. The molecule has 1 N–H and O–H groups in total. The molecule has 0 saturated heterocycles. The van der Waals surface area contributed by atoms with Crippen LogP contribution in [-0.4, -0.2) is 23.6 Å². The van der Waals surface area contributed by atoms with E-state index in [-0.39, 0.29) is 0 Å². The van der Waals surface area contributed by atoms with Gasteiger partial charge in [-0.3, -0.25) is 0 Å². The van der Waals surface area contributed by atoms with Gasteiger partial charge in [0.15, 0.2) is 0 Å². The van der Waals surface area contributed by atoms with Gasteiger partial charge >= 0.3 is 0 Å². The van der Waals surface area contributed by atoms with E-state index in [2.05, 4.69) is 27.4 Å². The number of likely N-dealkylation sites (N-methyl/N-ethyl adjacent to an activating group) is 1. The van der Waals surface area contributed by atoms with Crippen LogP contribution in [-0.2, 0) is 6.42 Å². The molecule has 0 amide bonds. The van der Waals surface area contributed by atoms with Crippen LogP contribution in [0.4, 0.5) is 0 Å². The van der Waals surface area contributed by atoms with Gasteiger partial charge in [0.05, 0.1) is 5.69 Å². The lowest BCUT2D eigenvalue weighted by Crippen LogP contribution is -2.12. The maximum Gasteiger partial charge on any atom is 0.130 e. The van der Waals surface area contributed by atoms with Crippen molar-refractivity contribution in [3.05, 3.63) is 48.4 Å². The molecule has 0 spiro atoms. The predicted molar refractivity (Wildman–Crippen MR) is 65.1 cm³/mol. The van der Waals surface area contributed by atoms with Crippen molar-refractivity contribution in [2.45, 2.75) is 6.42 Å². The molecule has 1 heterocycles. The lowest BCUT2D eigenvalue weighted by molar-refractivity contribution is 0.756. The molecule has 0 atom stereocenters. The predicted octanol–water partition coefficient (Wildman–Crippen LogP) is 1.91. The first-order valence-corrected chi connectivity index (χ1v) is 5.42. The van der Waals surface area contributed by atoms with Gasteiger partial charge in [-0.25, -0.2) is 9.97 Å². The smallest absolute Gasteiger partial charge is 0.130 e. The topological polar surface area (TPSA) is 37.8 Å². The zero-order valence-corrected chi connectivity index (χ0v) is 9.35. The van der Waals surface area contributed by atoms with E-state index in [4.69, 9.17) is 0 Å². The summed E-state index contributed by atoms with van der Waals surface area (Å²) in [7, 11) is 1.93. The number of benzene rings is 1. The summed E-state index contributed by atoms with van der Waals surface area (Å²) in [4.78, 5) is 8.78. The largest absolute Gasteiger partial charge is 0.319 e. The van der Waals surface area contributed by atoms with Crippen LogP contribution in [0.5, 0.6) is 0 Å². The van der Waals surface area contributed by atoms with E-state index in [1.54, 1.807) is 0 Å². The Morgan fingerprint density at radius 1 is 1.12 bits per heavy atom. The molecule has 82 valence electrons. The van der Waals surface area contributed by atoms with E-state index in [0.29, 0.717) is 0 Å². The molecule has 2 rings (SSSR count). The molecule has 0 fully saturated rings. The Morgan fingerprint density at radius 2 is 1.94 bits per heavy atom. The molecule has 0 bridgehead atoms. The fourth-order valence-corrected chi connectivity index (χ4v) is 1.53. The normalized spacial score (nSPS) is 10.3. The van der Waals surface area contributed by atoms with E-state index in [1.807, 2.05) is 37.5 Å². The standard InChI is InChI=1S/C13H15N3/c1-14-9-8-13-15-10-7-12(16-13)11-5-3-2-4-6-11/h2-7,10,14H,8-9H2,1H3. The quantitative estimate of drug-likeness (QED) is 0.843. The van der Waals surface area contributed by atoms with Gasteiger partial charge in [0, 0.05) is 24.7 Å². The summed E-state index contributed by atoms with van der Waals surface area (Å²) in [5.41, 5.74) is 2.12. The molecule has 1 aromatic carbocycles. The van der Waals surface area contributed by atoms with Gasteiger partial charge < -0.3 is 5.32 Å². The molecule has 0 aliphatic heterocycles. The molecule has 3 nitrogen and oxygen atoms in total. The van der Waals surface area contributed by atoms with Crippen molar-refractivity contribution in [1.82, 2.24) is 15.3 Å². The monoisotopic (exact) mass is 213 g/mol. The maximum atomic E-state index is 4.53. The summed E-state index contributed by atoms with van der Waals surface area (Å²) in [5.74, 6) is 0.885. The highest BCUT2D eigenvalue weighted by Gasteiger charge is 2.00. The average Bonchev–Trinajstić information content (AvgIpc) is 2.38. The summed E-state index contributed by atoms with van der Waals surface area (Å²) in [6.45, 7) is 0.901. The Bertz CT molecular complexity index is 440. The number of rotatable bonds is 4. The molecule has 3 heteroatoms. The number of nitrogens with zero attached hydrogens (tertiary/aromatic N) is 2. The van der Waals surface area contributed by atoms with Crippen molar-refractivity contribution in [3.8, 4) is 11.3 Å². The zero-order chi connectivity index (χ0) is 11.2. The van der Waals surface area contributed by atoms with Crippen molar-refractivity contribution in [2.75, 3.05) is 13.6 Å². The maximum absolute atomic E-state index is 4.53. The lowest BCUT2D eigenvalue weighted by Gasteiger charge is -2.03. The summed E-state index contributed by atoms with van der Waals surface area (Å²) in [6, 6.07) is 12.1. The first kappa shape index (κ1) is 10.8. The van der Waals surface area contributed by atoms with Crippen molar-refractivity contribution >= 4 is 0 Å². The third-order valence-electron chi connectivity index (χ3n) is 2.37. The third-order valence-corrected chi connectivity index (χ3v) is 2.37. The fourth-order valence-electron chi connectivity index (χ4n) is 1.53. The third kappa shape index (κ3) is 2.64. The Balaban J connectivity index is 2.22. The van der Waals surface area contributed by atoms with Crippen molar-refractivity contribution in [2.24, 2.45) is 0 Å². The van der Waals surface area contributed by atoms with E-state index in [0.717, 1.165) is 30.0 Å². The second-order valence-electron chi connectivity index (χ2n) is 3.58. The van der Waals surface area contributed by atoms with Gasteiger partial charge in [0.2, 0.25) is 0 Å². The van der Waals surface area contributed by atoms with Crippen LogP contribution in [0.25, 0.3) is 11.3 Å². The summed E-state index contributed by atoms with van der Waals surface area (Å²) in [5, 5.41) is 3.10. The summed E-state index contributed by atoms with van der Waals surface area (Å²) in [6.07, 6.45) is 2.68. The molecule has 0 saturated carbocycles. The fraction of sp³-hybridized carbons (Fsp3) is 0.231. The minimum absolute atomic E-state index is 0.858. The summed E-state index contributed by atoms with van der Waals surface area (Å²) < 4.78 is 0. The van der Waals surface area contributed by atoms with Gasteiger partial charge in [0.25, 0.3) is 0 Å². The molecule has 0 aliphatic carbocycles. The molecule has 1 aromatic heterocycles. The van der Waals surface area contributed by atoms with Crippen LogP contribution in [0.3, 0.4) is 0 Å². The van der Waals surface area contributed by atoms with Crippen LogP contribution in [0.15, 0.2) is 42.6 Å². The van der Waals surface area contributed by atoms with Gasteiger partial charge in [-0.2, -0.15) is 0 Å². The molecular weight excluding hydrogens is 198 g/mol. The second kappa shape index (κ2) is 5.37. The van der Waals surface area contributed by atoms with Gasteiger partial charge in [-0.15, -0.1) is 0 Å². The lowest BCUT2D eigenvalue weighted by atomic mass is 10.1. The van der Waals surface area contributed by atoms with E-state index in [9.17, 15) is 0 Å². The van der Waals surface area contributed by atoms with E-state index >= 15 is 0 Å². The average molecular weight is 213 g/mol. The number of aromatic nitrogens is 2. The van der Waals surface area contributed by atoms with Crippen LogP contribution in [0, 0.1) is 0 Å². The Labute approximate surface area is 95.6 Å². The highest BCUT2D eigenvalue weighted by molar-refractivity contribution is 5.58. The Kier molecular flexibility index (Phi) is 3.62. The minimum Gasteiger partial charge on any atom is -0.319 e. The molecule has 0 aliphatic rings. The van der Waals surface area contributed by atoms with Crippen LogP contribution < -0.4 is 5.32 Å². The Morgan fingerprint density at radius 3 is 2.69 bits per heavy atom. The van der Waals surface area contributed by atoms with Crippen molar-refractivity contribution in [3.63, 3.8) is 0 Å². The Hall–Kier alpha value is -1.74. The van der Waals surface area contributed by atoms with E-state index < -0.39 is 0 Å². The van der Waals surface area contributed by atoms with Gasteiger partial charge in [0.1, 0.15) is 5.82 Å². The van der Waals surface area contributed by atoms with Crippen LogP contribution >= 0.6 is 0 Å². The van der Waals surface area contributed by atoms with Crippen molar-refractivity contribution in [1.29, 1.82) is 0 Å². The second-order valence-corrected chi connectivity index (χ2v) is 3.58. The highest BCUT2D eigenvalue weighted by atomic mass is 14.9. The van der Waals surface area contributed by atoms with E-state index in [1.165, 1.54) is 0 Å². The number of hydrogen-bond donors (Lipinski definition) is 1. The molecule has 0 unspecified atom stereocenters.